The van der Waals surface area contributed by atoms with Gasteiger partial charge >= 0.3 is 0 Å². The minimum absolute atomic E-state index is 0.0572. The maximum Gasteiger partial charge on any atom is 0.273 e. The standard InChI is InChI=1S/C11H14N2O3/c1-3-9(5-7-16-2)11-8-10(13(14)15)4-6-12-11/h3-4,6,8H,5,7H2,1-2H3/b9-3+. The van der Waals surface area contributed by atoms with Crippen molar-refractivity contribution in [1.82, 2.24) is 4.98 Å². The second kappa shape index (κ2) is 5.97. The molecule has 5 heteroatoms. The van der Waals surface area contributed by atoms with Crippen LogP contribution in [0.25, 0.3) is 5.57 Å². The van der Waals surface area contributed by atoms with E-state index in [0.29, 0.717) is 18.7 Å². The van der Waals surface area contributed by atoms with E-state index < -0.39 is 4.92 Å². The first-order valence-electron chi connectivity index (χ1n) is 4.94. The third-order valence-corrected chi connectivity index (χ3v) is 2.21. The maximum absolute atomic E-state index is 10.6. The number of hydrogen-bond donors (Lipinski definition) is 0. The number of methoxy groups -OCH3 is 1. The van der Waals surface area contributed by atoms with Crippen LogP contribution in [-0.4, -0.2) is 23.6 Å². The SMILES string of the molecule is C/C=C(\CCOC)c1cc([N+](=O)[O-])ccn1. The van der Waals surface area contributed by atoms with E-state index in [9.17, 15) is 10.1 Å². The van der Waals surface area contributed by atoms with E-state index in [1.165, 1.54) is 18.3 Å². The summed E-state index contributed by atoms with van der Waals surface area (Å²) in [6.45, 7) is 2.45. The Morgan fingerprint density at radius 2 is 2.44 bits per heavy atom. The Bertz CT molecular complexity index is 402. The third-order valence-electron chi connectivity index (χ3n) is 2.21. The lowest BCUT2D eigenvalue weighted by molar-refractivity contribution is -0.385. The van der Waals surface area contributed by atoms with Gasteiger partial charge < -0.3 is 4.74 Å². The van der Waals surface area contributed by atoms with E-state index in [1.807, 2.05) is 13.0 Å². The molecule has 86 valence electrons. The van der Waals surface area contributed by atoms with Gasteiger partial charge in [-0.3, -0.25) is 15.1 Å². The second-order valence-corrected chi connectivity index (χ2v) is 3.21. The summed E-state index contributed by atoms with van der Waals surface area (Å²) >= 11 is 0. The summed E-state index contributed by atoms with van der Waals surface area (Å²) in [5.74, 6) is 0. The monoisotopic (exact) mass is 222 g/mol. The number of rotatable bonds is 5. The molecule has 0 N–H and O–H groups in total. The number of allylic oxidation sites excluding steroid dienone is 1. The Balaban J connectivity index is 2.93. The van der Waals surface area contributed by atoms with Crippen molar-refractivity contribution in [2.45, 2.75) is 13.3 Å². The van der Waals surface area contributed by atoms with Crippen molar-refractivity contribution in [1.29, 1.82) is 0 Å². The molecule has 1 aromatic rings. The van der Waals surface area contributed by atoms with Crippen LogP contribution in [0.3, 0.4) is 0 Å². The summed E-state index contributed by atoms with van der Waals surface area (Å²) in [5.41, 5.74) is 1.64. The topological polar surface area (TPSA) is 65.3 Å². The molecule has 1 rings (SSSR count). The molecule has 0 aliphatic heterocycles. The van der Waals surface area contributed by atoms with Crippen LogP contribution in [0.5, 0.6) is 0 Å². The van der Waals surface area contributed by atoms with E-state index in [-0.39, 0.29) is 5.69 Å². The van der Waals surface area contributed by atoms with Crippen LogP contribution in [0, 0.1) is 10.1 Å². The van der Waals surface area contributed by atoms with E-state index >= 15 is 0 Å². The van der Waals surface area contributed by atoms with Gasteiger partial charge in [0.05, 0.1) is 17.2 Å². The zero-order valence-electron chi connectivity index (χ0n) is 9.34. The van der Waals surface area contributed by atoms with Crippen LogP contribution in [-0.2, 0) is 4.74 Å². The summed E-state index contributed by atoms with van der Waals surface area (Å²) in [7, 11) is 1.62. The summed E-state index contributed by atoms with van der Waals surface area (Å²) in [5, 5.41) is 10.6. The van der Waals surface area contributed by atoms with Gasteiger partial charge in [-0.25, -0.2) is 0 Å². The van der Waals surface area contributed by atoms with Gasteiger partial charge in [0.15, 0.2) is 0 Å². The van der Waals surface area contributed by atoms with Gasteiger partial charge in [0.1, 0.15) is 0 Å². The zero-order chi connectivity index (χ0) is 12.0. The average Bonchev–Trinajstić information content (AvgIpc) is 2.30. The Morgan fingerprint density at radius 3 is 3.00 bits per heavy atom. The highest BCUT2D eigenvalue weighted by molar-refractivity contribution is 5.63. The molecule has 0 unspecified atom stereocenters. The van der Waals surface area contributed by atoms with Gasteiger partial charge in [-0.05, 0) is 18.9 Å². The molecule has 0 spiro atoms. The Hall–Kier alpha value is -1.75. The Labute approximate surface area is 93.9 Å². The number of ether oxygens (including phenoxy) is 1. The average molecular weight is 222 g/mol. The van der Waals surface area contributed by atoms with Gasteiger partial charge in [-0.2, -0.15) is 0 Å². The number of pyridine rings is 1. The Morgan fingerprint density at radius 1 is 1.69 bits per heavy atom. The van der Waals surface area contributed by atoms with Gasteiger partial charge in [0.25, 0.3) is 5.69 Å². The smallest absolute Gasteiger partial charge is 0.273 e. The lowest BCUT2D eigenvalue weighted by Crippen LogP contribution is -1.96. The summed E-state index contributed by atoms with van der Waals surface area (Å²) in [6.07, 6.45) is 4.04. The largest absolute Gasteiger partial charge is 0.384 e. The molecule has 0 fully saturated rings. The van der Waals surface area contributed by atoms with Crippen LogP contribution >= 0.6 is 0 Å². The number of aromatic nitrogens is 1. The van der Waals surface area contributed by atoms with Crippen molar-refractivity contribution < 1.29 is 9.66 Å². The summed E-state index contributed by atoms with van der Waals surface area (Å²) < 4.78 is 4.97. The molecular weight excluding hydrogens is 208 g/mol. The predicted molar refractivity (Wildman–Crippen MR) is 61.0 cm³/mol. The highest BCUT2D eigenvalue weighted by Crippen LogP contribution is 2.20. The van der Waals surface area contributed by atoms with Crippen molar-refractivity contribution in [3.05, 3.63) is 40.2 Å². The molecular formula is C11H14N2O3. The van der Waals surface area contributed by atoms with Crippen LogP contribution < -0.4 is 0 Å². The minimum atomic E-state index is -0.422. The first-order valence-corrected chi connectivity index (χ1v) is 4.94. The number of nitrogens with zero attached hydrogens (tertiary/aromatic N) is 2. The second-order valence-electron chi connectivity index (χ2n) is 3.21. The quantitative estimate of drug-likeness (QED) is 0.567. The molecule has 0 bridgehead atoms. The lowest BCUT2D eigenvalue weighted by atomic mass is 10.1. The van der Waals surface area contributed by atoms with Crippen molar-refractivity contribution in [3.63, 3.8) is 0 Å². The van der Waals surface area contributed by atoms with Gasteiger partial charge in [0, 0.05) is 25.4 Å². The first kappa shape index (κ1) is 12.3. The maximum atomic E-state index is 10.6. The summed E-state index contributed by atoms with van der Waals surface area (Å²) in [4.78, 5) is 14.3. The van der Waals surface area contributed by atoms with Crippen molar-refractivity contribution in [2.75, 3.05) is 13.7 Å². The molecule has 1 aromatic heterocycles. The van der Waals surface area contributed by atoms with E-state index in [2.05, 4.69) is 4.98 Å². The molecule has 0 saturated carbocycles. The van der Waals surface area contributed by atoms with Crippen LogP contribution in [0.15, 0.2) is 24.4 Å². The normalized spacial score (nSPS) is 11.5. The van der Waals surface area contributed by atoms with E-state index in [1.54, 1.807) is 7.11 Å². The van der Waals surface area contributed by atoms with Gasteiger partial charge in [-0.1, -0.05) is 6.08 Å². The molecule has 1 heterocycles. The molecule has 0 saturated heterocycles. The fourth-order valence-corrected chi connectivity index (χ4v) is 1.34. The molecule has 0 amide bonds. The van der Waals surface area contributed by atoms with E-state index in [0.717, 1.165) is 5.57 Å². The third kappa shape index (κ3) is 3.13. The first-order chi connectivity index (χ1) is 7.69. The molecule has 0 radical (unpaired) electrons. The van der Waals surface area contributed by atoms with E-state index in [4.69, 9.17) is 4.74 Å². The van der Waals surface area contributed by atoms with Gasteiger partial charge in [-0.15, -0.1) is 0 Å². The van der Waals surface area contributed by atoms with Crippen molar-refractivity contribution >= 4 is 11.3 Å². The summed E-state index contributed by atoms with van der Waals surface area (Å²) in [6, 6.07) is 2.86. The fourth-order valence-electron chi connectivity index (χ4n) is 1.34. The number of hydrogen-bond acceptors (Lipinski definition) is 4. The van der Waals surface area contributed by atoms with Crippen molar-refractivity contribution in [2.24, 2.45) is 0 Å². The molecule has 16 heavy (non-hydrogen) atoms. The predicted octanol–water partition coefficient (Wildman–Crippen LogP) is 2.43. The minimum Gasteiger partial charge on any atom is -0.384 e. The highest BCUT2D eigenvalue weighted by atomic mass is 16.6. The van der Waals surface area contributed by atoms with Crippen molar-refractivity contribution in [3.8, 4) is 0 Å². The van der Waals surface area contributed by atoms with Gasteiger partial charge in [0.2, 0.25) is 0 Å². The number of nitro groups is 1. The lowest BCUT2D eigenvalue weighted by Gasteiger charge is -2.05. The highest BCUT2D eigenvalue weighted by Gasteiger charge is 2.09. The Kier molecular flexibility index (Phi) is 4.60. The fraction of sp³-hybridized carbons (Fsp3) is 0.364. The molecule has 0 aromatic carbocycles. The molecule has 0 aliphatic rings. The zero-order valence-corrected chi connectivity index (χ0v) is 9.34. The van der Waals surface area contributed by atoms with Crippen LogP contribution in [0.2, 0.25) is 0 Å². The van der Waals surface area contributed by atoms with Crippen LogP contribution in [0.1, 0.15) is 19.0 Å². The molecule has 5 nitrogen and oxygen atoms in total. The molecule has 0 aliphatic carbocycles. The molecule has 0 atom stereocenters. The van der Waals surface area contributed by atoms with Crippen LogP contribution in [0.4, 0.5) is 5.69 Å².